The summed E-state index contributed by atoms with van der Waals surface area (Å²) in [5, 5.41) is 9.28. The van der Waals surface area contributed by atoms with Crippen LogP contribution in [0.5, 0.6) is 5.75 Å². The molecule has 0 bridgehead atoms. The highest BCUT2D eigenvalue weighted by Gasteiger charge is 2.28. The highest BCUT2D eigenvalue weighted by atomic mass is 16.5. The molecule has 0 saturated heterocycles. The predicted octanol–water partition coefficient (Wildman–Crippen LogP) is 1.12. The molecule has 0 atom stereocenters. The normalized spacial score (nSPS) is 11.2. The zero-order valence-electron chi connectivity index (χ0n) is 11.2. The number of aliphatic hydroxyl groups excluding tert-OH is 1. The Balaban J connectivity index is 3.12. The Morgan fingerprint density at radius 2 is 2.11 bits per heavy atom. The summed E-state index contributed by atoms with van der Waals surface area (Å²) >= 11 is 0. The minimum Gasteiger partial charge on any atom is -0.495 e. The van der Waals surface area contributed by atoms with E-state index >= 15 is 0 Å². The highest BCUT2D eigenvalue weighted by molar-refractivity contribution is 6.00. The van der Waals surface area contributed by atoms with Crippen LogP contribution in [0.15, 0.2) is 18.2 Å². The van der Waals surface area contributed by atoms with Crippen LogP contribution in [-0.4, -0.2) is 42.2 Å². The maximum absolute atomic E-state index is 12.3. The second kappa shape index (κ2) is 5.27. The maximum atomic E-state index is 12.3. The minimum absolute atomic E-state index is 0.126. The van der Waals surface area contributed by atoms with Gasteiger partial charge in [0.15, 0.2) is 0 Å². The van der Waals surface area contributed by atoms with Gasteiger partial charge in [0.2, 0.25) is 0 Å². The van der Waals surface area contributed by atoms with E-state index in [1.54, 1.807) is 39.1 Å². The summed E-state index contributed by atoms with van der Waals surface area (Å²) in [6, 6.07) is 5.05. The van der Waals surface area contributed by atoms with Crippen LogP contribution in [0.2, 0.25) is 0 Å². The van der Waals surface area contributed by atoms with Crippen molar-refractivity contribution in [3.63, 3.8) is 0 Å². The number of nitrogens with two attached hydrogens (primary N) is 1. The Hall–Kier alpha value is -1.75. The van der Waals surface area contributed by atoms with Gasteiger partial charge in [-0.25, -0.2) is 0 Å². The van der Waals surface area contributed by atoms with E-state index in [2.05, 4.69) is 0 Å². The molecule has 3 N–H and O–H groups in total. The molecule has 5 nitrogen and oxygen atoms in total. The van der Waals surface area contributed by atoms with E-state index in [0.717, 1.165) is 0 Å². The number of para-hydroxylation sites is 1. The van der Waals surface area contributed by atoms with Crippen LogP contribution in [0.4, 0.5) is 5.69 Å². The Morgan fingerprint density at radius 3 is 2.61 bits per heavy atom. The molecule has 0 aromatic heterocycles. The van der Waals surface area contributed by atoms with Crippen molar-refractivity contribution >= 4 is 11.6 Å². The van der Waals surface area contributed by atoms with Gasteiger partial charge in [-0.2, -0.15) is 0 Å². The number of likely N-dealkylation sites (N-methyl/N-ethyl adjacent to an activating group) is 1. The molecule has 0 fully saturated rings. The third kappa shape index (κ3) is 2.56. The SMILES string of the molecule is COc1cccc(C(=O)N(C)C(C)(C)CO)c1N. The number of benzene rings is 1. The lowest BCUT2D eigenvalue weighted by atomic mass is 10.0. The van der Waals surface area contributed by atoms with E-state index in [1.165, 1.54) is 12.0 Å². The van der Waals surface area contributed by atoms with Crippen molar-refractivity contribution in [2.75, 3.05) is 26.5 Å². The summed E-state index contributed by atoms with van der Waals surface area (Å²) in [5.41, 5.74) is 5.92. The van der Waals surface area contributed by atoms with E-state index in [4.69, 9.17) is 10.5 Å². The Labute approximate surface area is 107 Å². The molecule has 18 heavy (non-hydrogen) atoms. The number of rotatable bonds is 4. The number of carbonyl (C=O) groups excluding carboxylic acids is 1. The molecular formula is C13H20N2O3. The number of carbonyl (C=O) groups is 1. The topological polar surface area (TPSA) is 75.8 Å². The molecule has 0 aliphatic rings. The van der Waals surface area contributed by atoms with E-state index in [9.17, 15) is 9.90 Å². The first-order chi connectivity index (χ1) is 8.35. The zero-order chi connectivity index (χ0) is 13.9. The van der Waals surface area contributed by atoms with Crippen molar-refractivity contribution in [3.05, 3.63) is 23.8 Å². The molecule has 0 spiro atoms. The number of nitrogen functional groups attached to an aromatic ring is 1. The van der Waals surface area contributed by atoms with Crippen molar-refractivity contribution in [3.8, 4) is 5.75 Å². The number of hydrogen-bond donors (Lipinski definition) is 2. The molecule has 0 saturated carbocycles. The summed E-state index contributed by atoms with van der Waals surface area (Å²) in [7, 11) is 3.14. The number of hydrogen-bond acceptors (Lipinski definition) is 4. The van der Waals surface area contributed by atoms with Crippen LogP contribution in [-0.2, 0) is 0 Å². The van der Waals surface area contributed by atoms with E-state index in [1.807, 2.05) is 0 Å². The Bertz CT molecular complexity index is 444. The third-order valence-corrected chi connectivity index (χ3v) is 3.12. The number of aliphatic hydroxyl groups is 1. The highest BCUT2D eigenvalue weighted by Crippen LogP contribution is 2.27. The van der Waals surface area contributed by atoms with E-state index in [0.29, 0.717) is 17.0 Å². The number of methoxy groups -OCH3 is 1. The van der Waals surface area contributed by atoms with Gasteiger partial charge < -0.3 is 20.5 Å². The van der Waals surface area contributed by atoms with E-state index < -0.39 is 5.54 Å². The summed E-state index contributed by atoms with van der Waals surface area (Å²) in [6.07, 6.45) is 0. The monoisotopic (exact) mass is 252 g/mol. The van der Waals surface area contributed by atoms with Gasteiger partial charge in [-0.1, -0.05) is 6.07 Å². The lowest BCUT2D eigenvalue weighted by Gasteiger charge is -2.34. The minimum atomic E-state index is -0.646. The summed E-state index contributed by atoms with van der Waals surface area (Å²) < 4.78 is 5.08. The quantitative estimate of drug-likeness (QED) is 0.787. The molecule has 0 aliphatic carbocycles. The standard InChI is InChI=1S/C13H20N2O3/c1-13(2,8-16)15(3)12(17)9-6-5-7-10(18-4)11(9)14/h5-7,16H,8,14H2,1-4H3. The van der Waals surface area contributed by atoms with Crippen LogP contribution in [0, 0.1) is 0 Å². The van der Waals surface area contributed by atoms with Crippen LogP contribution >= 0.6 is 0 Å². The molecule has 1 rings (SSSR count). The largest absolute Gasteiger partial charge is 0.495 e. The van der Waals surface area contributed by atoms with Crippen molar-refractivity contribution < 1.29 is 14.6 Å². The van der Waals surface area contributed by atoms with Gasteiger partial charge in [0.1, 0.15) is 5.75 Å². The third-order valence-electron chi connectivity index (χ3n) is 3.12. The maximum Gasteiger partial charge on any atom is 0.256 e. The number of nitrogens with zero attached hydrogens (tertiary/aromatic N) is 1. The van der Waals surface area contributed by atoms with Gasteiger partial charge in [-0.15, -0.1) is 0 Å². The van der Waals surface area contributed by atoms with Crippen molar-refractivity contribution in [2.45, 2.75) is 19.4 Å². The van der Waals surface area contributed by atoms with Crippen molar-refractivity contribution in [2.24, 2.45) is 0 Å². The van der Waals surface area contributed by atoms with Crippen molar-refractivity contribution in [1.29, 1.82) is 0 Å². The Kier molecular flexibility index (Phi) is 4.19. The first-order valence-electron chi connectivity index (χ1n) is 5.66. The van der Waals surface area contributed by atoms with Gasteiger partial charge in [-0.3, -0.25) is 4.79 Å². The average molecular weight is 252 g/mol. The van der Waals surface area contributed by atoms with Gasteiger partial charge in [0.05, 0.1) is 30.5 Å². The van der Waals surface area contributed by atoms with Crippen LogP contribution in [0.1, 0.15) is 24.2 Å². The van der Waals surface area contributed by atoms with Crippen LogP contribution in [0.3, 0.4) is 0 Å². The number of ether oxygens (including phenoxy) is 1. The molecular weight excluding hydrogens is 232 g/mol. The molecule has 1 aromatic rings. The molecule has 0 radical (unpaired) electrons. The van der Waals surface area contributed by atoms with E-state index in [-0.39, 0.29) is 12.5 Å². The summed E-state index contributed by atoms with van der Waals surface area (Å²) in [4.78, 5) is 13.8. The molecule has 0 aliphatic heterocycles. The molecule has 5 heteroatoms. The summed E-state index contributed by atoms with van der Waals surface area (Å²) in [6.45, 7) is 3.43. The first kappa shape index (κ1) is 14.3. The molecule has 1 aromatic carbocycles. The second-order valence-corrected chi connectivity index (χ2v) is 4.76. The molecule has 1 amide bonds. The number of amides is 1. The van der Waals surface area contributed by atoms with Gasteiger partial charge >= 0.3 is 0 Å². The summed E-state index contributed by atoms with van der Waals surface area (Å²) in [5.74, 6) is 0.224. The molecule has 0 unspecified atom stereocenters. The number of anilines is 1. The van der Waals surface area contributed by atoms with Crippen LogP contribution < -0.4 is 10.5 Å². The first-order valence-corrected chi connectivity index (χ1v) is 5.66. The second-order valence-electron chi connectivity index (χ2n) is 4.76. The zero-order valence-corrected chi connectivity index (χ0v) is 11.2. The molecule has 0 heterocycles. The average Bonchev–Trinajstić information content (AvgIpc) is 2.37. The Morgan fingerprint density at radius 1 is 1.50 bits per heavy atom. The lowest BCUT2D eigenvalue weighted by molar-refractivity contribution is 0.0474. The van der Waals surface area contributed by atoms with Gasteiger partial charge in [0, 0.05) is 7.05 Å². The molecule has 100 valence electrons. The van der Waals surface area contributed by atoms with Crippen molar-refractivity contribution in [1.82, 2.24) is 4.90 Å². The van der Waals surface area contributed by atoms with Crippen LogP contribution in [0.25, 0.3) is 0 Å². The fraction of sp³-hybridized carbons (Fsp3) is 0.462. The fourth-order valence-electron chi connectivity index (χ4n) is 1.47. The fourth-order valence-corrected chi connectivity index (χ4v) is 1.47. The predicted molar refractivity (Wildman–Crippen MR) is 70.7 cm³/mol. The smallest absolute Gasteiger partial charge is 0.256 e. The van der Waals surface area contributed by atoms with Gasteiger partial charge in [0.25, 0.3) is 5.91 Å². The lowest BCUT2D eigenvalue weighted by Crippen LogP contribution is -2.47. The van der Waals surface area contributed by atoms with Gasteiger partial charge in [-0.05, 0) is 26.0 Å².